The molecule has 284 valence electrons. The Morgan fingerprint density at radius 3 is 2.48 bits per heavy atom. The molecule has 16 heteroatoms. The lowest BCUT2D eigenvalue weighted by atomic mass is 9.71. The summed E-state index contributed by atoms with van der Waals surface area (Å²) in [5, 5.41) is 49.9. The quantitative estimate of drug-likeness (QED) is 0.0419. The van der Waals surface area contributed by atoms with Gasteiger partial charge in [-0.1, -0.05) is 41.6 Å². The van der Waals surface area contributed by atoms with E-state index < -0.39 is 95.7 Å². The number of nitrogens with one attached hydrogen (secondary N) is 1. The number of carbonyl (C=O) groups excluding carboxylic acids is 3. The summed E-state index contributed by atoms with van der Waals surface area (Å²) in [6, 6.07) is 4.45. The summed E-state index contributed by atoms with van der Waals surface area (Å²) < 4.78 is 35.6. The summed E-state index contributed by atoms with van der Waals surface area (Å²) in [5.41, 5.74) is -1.24. The molecule has 0 radical (unpaired) electrons. The number of amides is 1. The Morgan fingerprint density at radius 1 is 1.15 bits per heavy atom. The first-order valence-corrected chi connectivity index (χ1v) is 18.2. The number of fused-ring (bicyclic) bond motifs is 3. The third kappa shape index (κ3) is 7.57. The van der Waals surface area contributed by atoms with Gasteiger partial charge >= 0.3 is 0 Å². The first-order chi connectivity index (χ1) is 24.7. The zero-order chi connectivity index (χ0) is 38.1. The number of carbonyl (C=O) groups is 3. The summed E-state index contributed by atoms with van der Waals surface area (Å²) >= 11 is 2.24. The lowest BCUT2D eigenvalue weighted by Gasteiger charge is -2.44. The van der Waals surface area contributed by atoms with Crippen molar-refractivity contribution in [2.45, 2.75) is 99.9 Å². The van der Waals surface area contributed by atoms with Gasteiger partial charge in [-0.15, -0.1) is 0 Å². The first kappa shape index (κ1) is 40.0. The predicted octanol–water partition coefficient (Wildman–Crippen LogP) is 3.21. The van der Waals surface area contributed by atoms with Gasteiger partial charge in [-0.3, -0.25) is 14.4 Å². The summed E-state index contributed by atoms with van der Waals surface area (Å²) in [4.78, 5) is 39.6. The second-order valence-corrected chi connectivity index (χ2v) is 14.7. The molecule has 0 aromatic heterocycles. The molecule has 0 spiro atoms. The standard InChI is InChI=1S/C36H45IN2O13/c1-7-11-49-35(48-6)17(3)51-34-16(2)50-25(12-21(34)37)52-23-14-36(46,24(15-40)39-38-18(4)41)13-20-27(23)33(45)29-28(31(20)43)30(42)19-9-8-10-22(47-5)26(19)32(29)44/h8-10,16-17,21,23,25,34-35,40,43,45-46H,7,11-15H2,1-6H3,(H,38,41)/b39-24+/t16-,17-,21-,23-,25-,34+,35-,36-/m0/s1. The second-order valence-electron chi connectivity index (χ2n) is 13.1. The van der Waals surface area contributed by atoms with E-state index in [2.05, 4.69) is 33.1 Å². The summed E-state index contributed by atoms with van der Waals surface area (Å²) in [6.45, 7) is 6.56. The van der Waals surface area contributed by atoms with Crippen LogP contribution in [0.1, 0.15) is 96.0 Å². The van der Waals surface area contributed by atoms with E-state index in [-0.39, 0.29) is 50.5 Å². The first-order valence-electron chi connectivity index (χ1n) is 17.0. The van der Waals surface area contributed by atoms with Gasteiger partial charge in [0.25, 0.3) is 0 Å². The third-order valence-electron chi connectivity index (χ3n) is 9.50. The number of nitrogens with zero attached hydrogens (tertiary/aromatic N) is 1. The number of halogens is 1. The number of alkyl halides is 1. The highest BCUT2D eigenvalue weighted by Gasteiger charge is 2.50. The fourth-order valence-corrected chi connectivity index (χ4v) is 8.25. The number of ether oxygens (including phenoxy) is 6. The average molecular weight is 841 g/mol. The van der Waals surface area contributed by atoms with Crippen molar-refractivity contribution in [3.05, 3.63) is 51.6 Å². The molecule has 2 aromatic carbocycles. The summed E-state index contributed by atoms with van der Waals surface area (Å²) in [6.07, 6.45) is -3.89. The van der Waals surface area contributed by atoms with Gasteiger partial charge in [0, 0.05) is 60.5 Å². The van der Waals surface area contributed by atoms with Crippen LogP contribution in [0.2, 0.25) is 0 Å². The second kappa shape index (κ2) is 16.4. The monoisotopic (exact) mass is 840 g/mol. The van der Waals surface area contributed by atoms with Crippen molar-refractivity contribution in [2.24, 2.45) is 5.10 Å². The van der Waals surface area contributed by atoms with Crippen molar-refractivity contribution < 1.29 is 63.2 Å². The van der Waals surface area contributed by atoms with Crippen LogP contribution in [0.25, 0.3) is 0 Å². The molecule has 1 saturated heterocycles. The number of benzene rings is 2. The number of aliphatic hydroxyl groups is 2. The summed E-state index contributed by atoms with van der Waals surface area (Å²) in [7, 11) is 2.89. The van der Waals surface area contributed by atoms with E-state index in [1.54, 1.807) is 7.11 Å². The molecule has 52 heavy (non-hydrogen) atoms. The molecule has 5 rings (SSSR count). The van der Waals surface area contributed by atoms with E-state index >= 15 is 0 Å². The van der Waals surface area contributed by atoms with E-state index in [1.807, 2.05) is 20.8 Å². The Morgan fingerprint density at radius 2 is 1.87 bits per heavy atom. The Bertz CT molecular complexity index is 1720. The van der Waals surface area contributed by atoms with Crippen molar-refractivity contribution in [2.75, 3.05) is 27.4 Å². The number of ketones is 2. The van der Waals surface area contributed by atoms with Crippen LogP contribution in [0.15, 0.2) is 23.3 Å². The van der Waals surface area contributed by atoms with Crippen molar-refractivity contribution >= 4 is 45.8 Å². The van der Waals surface area contributed by atoms with E-state index in [1.165, 1.54) is 32.2 Å². The predicted molar refractivity (Wildman–Crippen MR) is 193 cm³/mol. The highest BCUT2D eigenvalue weighted by Crippen LogP contribution is 2.53. The largest absolute Gasteiger partial charge is 0.507 e. The normalized spacial score (nSPS) is 26.9. The van der Waals surface area contributed by atoms with Gasteiger partial charge in [0.1, 0.15) is 29.0 Å². The van der Waals surface area contributed by atoms with Crippen LogP contribution in [-0.4, -0.2) is 111 Å². The number of hydrazone groups is 1. The van der Waals surface area contributed by atoms with Crippen molar-refractivity contribution in [3.8, 4) is 17.2 Å². The SMILES string of the molecule is CCCO[C@H](OC)[C@H](C)O[C@@H]1[C@H](C)O[C@@H](O[C@H]2C[C@](O)(/C(CO)=N/NC(C)=O)Cc3c(O)c4c(c(O)c32)C(=O)c2c(OC)cccc2C4=O)C[C@@H]1I. The third-order valence-corrected chi connectivity index (χ3v) is 10.7. The van der Waals surface area contributed by atoms with Gasteiger partial charge in [-0.25, -0.2) is 5.43 Å². The van der Waals surface area contributed by atoms with Crippen molar-refractivity contribution in [1.29, 1.82) is 0 Å². The number of methoxy groups -OCH3 is 2. The van der Waals surface area contributed by atoms with E-state index in [9.17, 15) is 34.8 Å². The van der Waals surface area contributed by atoms with Gasteiger partial charge in [-0.05, 0) is 26.3 Å². The fourth-order valence-electron chi connectivity index (χ4n) is 7.08. The van der Waals surface area contributed by atoms with Gasteiger partial charge < -0.3 is 48.8 Å². The molecule has 2 aliphatic carbocycles. The smallest absolute Gasteiger partial charge is 0.236 e. The van der Waals surface area contributed by atoms with Crippen LogP contribution in [0.4, 0.5) is 0 Å². The highest BCUT2D eigenvalue weighted by atomic mass is 127. The zero-order valence-electron chi connectivity index (χ0n) is 29.8. The van der Waals surface area contributed by atoms with E-state index in [4.69, 9.17) is 28.4 Å². The van der Waals surface area contributed by atoms with Crippen molar-refractivity contribution in [3.63, 3.8) is 0 Å². The topological polar surface area (TPSA) is 212 Å². The number of rotatable bonds is 13. The van der Waals surface area contributed by atoms with Crippen molar-refractivity contribution in [1.82, 2.24) is 5.43 Å². The molecule has 8 atom stereocenters. The molecular formula is C36H45IN2O13. The van der Waals surface area contributed by atoms with Gasteiger partial charge in [-0.2, -0.15) is 5.10 Å². The molecule has 5 N–H and O–H groups in total. The Balaban J connectivity index is 1.54. The zero-order valence-corrected chi connectivity index (χ0v) is 32.0. The lowest BCUT2D eigenvalue weighted by Crippen LogP contribution is -2.51. The lowest BCUT2D eigenvalue weighted by molar-refractivity contribution is -0.264. The molecule has 0 unspecified atom stereocenters. The maximum Gasteiger partial charge on any atom is 0.236 e. The van der Waals surface area contributed by atoms with Crippen LogP contribution in [0, 0.1) is 0 Å². The molecule has 1 amide bonds. The number of hydrogen-bond acceptors (Lipinski definition) is 14. The fraction of sp³-hybridized carbons (Fsp3) is 0.556. The molecule has 1 fully saturated rings. The van der Waals surface area contributed by atoms with E-state index in [0.717, 1.165) is 6.42 Å². The number of phenols is 2. The van der Waals surface area contributed by atoms with Gasteiger partial charge in [0.05, 0.1) is 54.4 Å². The Kier molecular flexibility index (Phi) is 12.6. The van der Waals surface area contributed by atoms with Crippen LogP contribution in [-0.2, 0) is 34.9 Å². The maximum absolute atomic E-state index is 14.0. The van der Waals surface area contributed by atoms with Crippen LogP contribution < -0.4 is 10.2 Å². The number of aliphatic hydroxyl groups excluding tert-OH is 1. The minimum Gasteiger partial charge on any atom is -0.507 e. The van der Waals surface area contributed by atoms with Crippen LogP contribution in [0.3, 0.4) is 0 Å². The molecule has 3 aliphatic rings. The van der Waals surface area contributed by atoms with Crippen LogP contribution >= 0.6 is 22.6 Å². The van der Waals surface area contributed by atoms with E-state index in [0.29, 0.717) is 6.61 Å². The molecule has 2 aromatic rings. The maximum atomic E-state index is 14.0. The Hall–Kier alpha value is -3.23. The number of hydrogen-bond donors (Lipinski definition) is 5. The molecule has 0 saturated carbocycles. The van der Waals surface area contributed by atoms with Crippen LogP contribution in [0.5, 0.6) is 17.2 Å². The highest BCUT2D eigenvalue weighted by molar-refractivity contribution is 14.1. The average Bonchev–Trinajstić information content (AvgIpc) is 3.10. The molecule has 15 nitrogen and oxygen atoms in total. The Labute approximate surface area is 314 Å². The van der Waals surface area contributed by atoms with Gasteiger partial charge in [0.2, 0.25) is 11.7 Å². The van der Waals surface area contributed by atoms with Gasteiger partial charge in [0.15, 0.2) is 18.4 Å². The minimum absolute atomic E-state index is 0.0360. The number of aromatic hydroxyl groups is 2. The summed E-state index contributed by atoms with van der Waals surface area (Å²) in [5.74, 6) is -3.21. The molecule has 1 heterocycles. The molecule has 1 aliphatic heterocycles. The number of phenolic OH excluding ortho intramolecular Hbond substituents is 2. The molecule has 0 bridgehead atoms. The minimum atomic E-state index is -2.06. The molecular weight excluding hydrogens is 795 g/mol.